The van der Waals surface area contributed by atoms with Crippen molar-refractivity contribution in [1.82, 2.24) is 9.97 Å². The molecular formula is C21H35N3. The largest absolute Gasteiger partial charge is 0.328 e. The van der Waals surface area contributed by atoms with Gasteiger partial charge in [-0.25, -0.2) is 0 Å². The van der Waals surface area contributed by atoms with Gasteiger partial charge in [0, 0.05) is 30.8 Å². The molecule has 0 aliphatic carbocycles. The van der Waals surface area contributed by atoms with Gasteiger partial charge < -0.3 is 5.73 Å². The molecule has 2 heterocycles. The Morgan fingerprint density at radius 3 is 1.54 bits per heavy atom. The topological polar surface area (TPSA) is 51.8 Å². The van der Waals surface area contributed by atoms with Crippen LogP contribution in [-0.2, 0) is 12.8 Å². The second kappa shape index (κ2) is 16.1. The van der Waals surface area contributed by atoms with Crippen molar-refractivity contribution >= 4 is 0 Å². The maximum Gasteiger partial charge on any atom is 0.0299 e. The van der Waals surface area contributed by atoms with Gasteiger partial charge in [-0.15, -0.1) is 0 Å². The monoisotopic (exact) mass is 329 g/mol. The fourth-order valence-electron chi connectivity index (χ4n) is 2.37. The van der Waals surface area contributed by atoms with E-state index >= 15 is 0 Å². The van der Waals surface area contributed by atoms with Crippen LogP contribution in [0.25, 0.3) is 0 Å². The minimum absolute atomic E-state index is 0.309. The third kappa shape index (κ3) is 10.9. The van der Waals surface area contributed by atoms with E-state index in [9.17, 15) is 0 Å². The van der Waals surface area contributed by atoms with Crippen LogP contribution in [0.5, 0.6) is 0 Å². The predicted molar refractivity (Wildman–Crippen MR) is 105 cm³/mol. The third-order valence-electron chi connectivity index (χ3n) is 3.53. The third-order valence-corrected chi connectivity index (χ3v) is 3.53. The summed E-state index contributed by atoms with van der Waals surface area (Å²) in [5.74, 6) is 0. The molecular weight excluding hydrogens is 294 g/mol. The second-order valence-electron chi connectivity index (χ2n) is 5.27. The van der Waals surface area contributed by atoms with Crippen molar-refractivity contribution in [2.24, 2.45) is 5.73 Å². The first-order chi connectivity index (χ1) is 11.8. The van der Waals surface area contributed by atoms with E-state index in [0.717, 1.165) is 38.5 Å². The van der Waals surface area contributed by atoms with Crippen molar-refractivity contribution in [3.05, 3.63) is 60.2 Å². The van der Waals surface area contributed by atoms with Crippen LogP contribution in [0.3, 0.4) is 0 Å². The summed E-state index contributed by atoms with van der Waals surface area (Å²) in [6.07, 6.45) is 14.1. The SMILES string of the molecule is CC.CC.NC(CCCc1cccnc1)CCCc1cccnc1. The highest BCUT2D eigenvalue weighted by Gasteiger charge is 2.03. The lowest BCUT2D eigenvalue weighted by Gasteiger charge is -2.11. The first kappa shape index (κ1) is 22.3. The van der Waals surface area contributed by atoms with Crippen LogP contribution in [0.4, 0.5) is 0 Å². The maximum absolute atomic E-state index is 6.17. The highest BCUT2D eigenvalue weighted by Crippen LogP contribution is 2.10. The zero-order valence-corrected chi connectivity index (χ0v) is 15.9. The van der Waals surface area contributed by atoms with Crippen LogP contribution < -0.4 is 5.73 Å². The van der Waals surface area contributed by atoms with Gasteiger partial charge in [0.15, 0.2) is 0 Å². The molecule has 0 fully saturated rings. The molecule has 134 valence electrons. The summed E-state index contributed by atoms with van der Waals surface area (Å²) < 4.78 is 0. The van der Waals surface area contributed by atoms with Crippen LogP contribution >= 0.6 is 0 Å². The van der Waals surface area contributed by atoms with E-state index in [1.54, 1.807) is 0 Å². The Labute approximate surface area is 148 Å². The molecule has 0 spiro atoms. The summed E-state index contributed by atoms with van der Waals surface area (Å²) in [5, 5.41) is 0. The summed E-state index contributed by atoms with van der Waals surface area (Å²) >= 11 is 0. The number of hydrogen-bond acceptors (Lipinski definition) is 3. The lowest BCUT2D eigenvalue weighted by Crippen LogP contribution is -2.20. The fraction of sp³-hybridized carbons (Fsp3) is 0.524. The number of pyridine rings is 2. The molecule has 2 rings (SSSR count). The lowest BCUT2D eigenvalue weighted by molar-refractivity contribution is 0.527. The zero-order valence-electron chi connectivity index (χ0n) is 15.9. The molecule has 0 saturated carbocycles. The average molecular weight is 330 g/mol. The maximum atomic E-state index is 6.17. The van der Waals surface area contributed by atoms with Gasteiger partial charge in [-0.3, -0.25) is 9.97 Å². The molecule has 0 atom stereocenters. The molecule has 0 saturated heterocycles. The molecule has 3 heteroatoms. The van der Waals surface area contributed by atoms with Crippen molar-refractivity contribution < 1.29 is 0 Å². The van der Waals surface area contributed by atoms with E-state index in [2.05, 4.69) is 22.1 Å². The van der Waals surface area contributed by atoms with Crippen molar-refractivity contribution in [2.45, 2.75) is 72.3 Å². The molecule has 0 aromatic carbocycles. The van der Waals surface area contributed by atoms with Gasteiger partial charge in [-0.05, 0) is 61.8 Å². The van der Waals surface area contributed by atoms with Crippen molar-refractivity contribution in [3.63, 3.8) is 0 Å². The van der Waals surface area contributed by atoms with Crippen LogP contribution in [0.15, 0.2) is 49.1 Å². The number of rotatable bonds is 8. The molecule has 0 unspecified atom stereocenters. The molecule has 0 bridgehead atoms. The van der Waals surface area contributed by atoms with Gasteiger partial charge in [0.1, 0.15) is 0 Å². The van der Waals surface area contributed by atoms with Gasteiger partial charge in [-0.2, -0.15) is 0 Å². The number of nitrogens with zero attached hydrogens (tertiary/aromatic N) is 2. The van der Waals surface area contributed by atoms with Crippen LogP contribution in [0.1, 0.15) is 64.5 Å². The van der Waals surface area contributed by atoms with Crippen LogP contribution in [-0.4, -0.2) is 16.0 Å². The number of hydrogen-bond donors (Lipinski definition) is 1. The first-order valence-electron chi connectivity index (χ1n) is 9.38. The molecule has 2 N–H and O–H groups in total. The predicted octanol–water partition coefficient (Wildman–Crippen LogP) is 5.20. The summed E-state index contributed by atoms with van der Waals surface area (Å²) in [5.41, 5.74) is 8.77. The highest BCUT2D eigenvalue weighted by atomic mass is 14.6. The highest BCUT2D eigenvalue weighted by molar-refractivity contribution is 5.09. The van der Waals surface area contributed by atoms with Gasteiger partial charge in [0.2, 0.25) is 0 Å². The summed E-state index contributed by atoms with van der Waals surface area (Å²) in [4.78, 5) is 8.26. The van der Waals surface area contributed by atoms with Crippen molar-refractivity contribution in [3.8, 4) is 0 Å². The van der Waals surface area contributed by atoms with E-state index < -0.39 is 0 Å². The molecule has 2 aromatic rings. The molecule has 0 aliphatic heterocycles. The van der Waals surface area contributed by atoms with Crippen molar-refractivity contribution in [1.29, 1.82) is 0 Å². The van der Waals surface area contributed by atoms with Gasteiger partial charge in [0.05, 0.1) is 0 Å². The molecule has 0 radical (unpaired) electrons. The Morgan fingerprint density at radius 2 is 1.21 bits per heavy atom. The minimum Gasteiger partial charge on any atom is -0.328 e. The Bertz CT molecular complexity index is 425. The normalized spacial score (nSPS) is 9.58. The second-order valence-corrected chi connectivity index (χ2v) is 5.27. The summed E-state index contributed by atoms with van der Waals surface area (Å²) in [6, 6.07) is 8.54. The van der Waals surface area contributed by atoms with E-state index in [4.69, 9.17) is 5.73 Å². The molecule has 24 heavy (non-hydrogen) atoms. The van der Waals surface area contributed by atoms with Gasteiger partial charge in [-0.1, -0.05) is 39.8 Å². The average Bonchev–Trinajstić information content (AvgIpc) is 2.67. The van der Waals surface area contributed by atoms with Crippen LogP contribution in [0, 0.1) is 0 Å². The Kier molecular flexibility index (Phi) is 15.0. The fourth-order valence-corrected chi connectivity index (χ4v) is 2.37. The molecule has 2 aromatic heterocycles. The first-order valence-corrected chi connectivity index (χ1v) is 9.38. The standard InChI is InChI=1S/C17H23N3.2C2H6/c18-17(9-1-5-15-7-3-11-19-13-15)10-2-6-16-8-4-12-20-14-16;2*1-2/h3-4,7-8,11-14,17H,1-2,5-6,9-10,18H2;2*1-2H3. The Balaban J connectivity index is 0.00000123. The molecule has 0 amide bonds. The van der Waals surface area contributed by atoms with Crippen LogP contribution in [0.2, 0.25) is 0 Å². The number of nitrogens with two attached hydrogens (primary N) is 1. The minimum atomic E-state index is 0.309. The quantitative estimate of drug-likeness (QED) is 0.724. The molecule has 0 aliphatic rings. The smallest absolute Gasteiger partial charge is 0.0299 e. The zero-order chi connectivity index (χ0) is 18.0. The Hall–Kier alpha value is -1.74. The lowest BCUT2D eigenvalue weighted by atomic mass is 10.0. The van der Waals surface area contributed by atoms with E-state index in [-0.39, 0.29) is 0 Å². The number of aromatic nitrogens is 2. The summed E-state index contributed by atoms with van der Waals surface area (Å²) in [7, 11) is 0. The van der Waals surface area contributed by atoms with E-state index in [1.807, 2.05) is 64.6 Å². The van der Waals surface area contributed by atoms with Gasteiger partial charge >= 0.3 is 0 Å². The summed E-state index contributed by atoms with van der Waals surface area (Å²) in [6.45, 7) is 8.00. The number of aryl methyl sites for hydroxylation is 2. The van der Waals surface area contributed by atoms with E-state index in [0.29, 0.717) is 6.04 Å². The van der Waals surface area contributed by atoms with Gasteiger partial charge in [0.25, 0.3) is 0 Å². The van der Waals surface area contributed by atoms with E-state index in [1.165, 1.54) is 11.1 Å². The Morgan fingerprint density at radius 1 is 0.792 bits per heavy atom. The van der Waals surface area contributed by atoms with Crippen molar-refractivity contribution in [2.75, 3.05) is 0 Å². The molecule has 3 nitrogen and oxygen atoms in total.